The summed E-state index contributed by atoms with van der Waals surface area (Å²) < 4.78 is 0. The molecule has 1 unspecified atom stereocenters. The van der Waals surface area contributed by atoms with E-state index < -0.39 is 0 Å². The number of benzene rings is 1. The van der Waals surface area contributed by atoms with Crippen LogP contribution in [0, 0.1) is 6.92 Å². The standard InChI is InChI=1S/C14H18O/c1-10-4-3-5-12(8-10)13-7-6-11(2)9-14(13)15/h6-9,12,15H,3-5H2,1-2H3. The molecule has 1 aliphatic carbocycles. The van der Waals surface area contributed by atoms with Crippen LogP contribution < -0.4 is 0 Å². The first-order chi connectivity index (χ1) is 7.16. The smallest absolute Gasteiger partial charge is 0.119 e. The highest BCUT2D eigenvalue weighted by molar-refractivity contribution is 5.41. The van der Waals surface area contributed by atoms with Crippen LogP contribution in [0.1, 0.15) is 43.2 Å². The molecule has 1 N–H and O–H groups in total. The maximum atomic E-state index is 9.90. The minimum Gasteiger partial charge on any atom is -0.508 e. The molecule has 0 heterocycles. The van der Waals surface area contributed by atoms with Crippen LogP contribution >= 0.6 is 0 Å². The van der Waals surface area contributed by atoms with Crippen molar-refractivity contribution >= 4 is 0 Å². The zero-order chi connectivity index (χ0) is 10.8. The molecule has 2 rings (SSSR count). The Labute approximate surface area is 91.4 Å². The van der Waals surface area contributed by atoms with Gasteiger partial charge in [0.25, 0.3) is 0 Å². The molecule has 1 atom stereocenters. The third-order valence-corrected chi connectivity index (χ3v) is 3.16. The third-order valence-electron chi connectivity index (χ3n) is 3.16. The van der Waals surface area contributed by atoms with Crippen molar-refractivity contribution < 1.29 is 5.11 Å². The van der Waals surface area contributed by atoms with Crippen molar-refractivity contribution in [3.63, 3.8) is 0 Å². The van der Waals surface area contributed by atoms with Crippen LogP contribution in [0.5, 0.6) is 5.75 Å². The molecule has 1 aliphatic rings. The highest BCUT2D eigenvalue weighted by atomic mass is 16.3. The number of phenolic OH excluding ortho intramolecular Hbond substituents is 1. The summed E-state index contributed by atoms with van der Waals surface area (Å²) in [6, 6.07) is 5.99. The number of hydrogen-bond acceptors (Lipinski definition) is 1. The van der Waals surface area contributed by atoms with E-state index in [0.29, 0.717) is 11.7 Å². The highest BCUT2D eigenvalue weighted by Gasteiger charge is 2.16. The molecule has 1 aromatic rings. The van der Waals surface area contributed by atoms with Crippen molar-refractivity contribution in [2.75, 3.05) is 0 Å². The van der Waals surface area contributed by atoms with Crippen LogP contribution in [0.2, 0.25) is 0 Å². The fourth-order valence-electron chi connectivity index (χ4n) is 2.32. The zero-order valence-corrected chi connectivity index (χ0v) is 9.46. The van der Waals surface area contributed by atoms with E-state index in [-0.39, 0.29) is 0 Å². The topological polar surface area (TPSA) is 20.2 Å². The van der Waals surface area contributed by atoms with E-state index in [2.05, 4.69) is 25.1 Å². The lowest BCUT2D eigenvalue weighted by atomic mass is 9.85. The molecule has 15 heavy (non-hydrogen) atoms. The van der Waals surface area contributed by atoms with E-state index >= 15 is 0 Å². The van der Waals surface area contributed by atoms with Crippen molar-refractivity contribution in [3.8, 4) is 5.75 Å². The minimum absolute atomic E-state index is 0.416. The molecule has 1 aromatic carbocycles. The van der Waals surface area contributed by atoms with Crippen molar-refractivity contribution in [1.29, 1.82) is 0 Å². The summed E-state index contributed by atoms with van der Waals surface area (Å²) >= 11 is 0. The summed E-state index contributed by atoms with van der Waals surface area (Å²) in [5.74, 6) is 0.866. The summed E-state index contributed by atoms with van der Waals surface area (Å²) in [6.45, 7) is 4.18. The third kappa shape index (κ3) is 2.23. The Hall–Kier alpha value is -1.24. The van der Waals surface area contributed by atoms with Crippen LogP contribution in [0.3, 0.4) is 0 Å². The molecule has 0 amide bonds. The predicted molar refractivity (Wildman–Crippen MR) is 63.2 cm³/mol. The van der Waals surface area contributed by atoms with E-state index in [0.717, 1.165) is 17.5 Å². The summed E-state index contributed by atoms with van der Waals surface area (Å²) in [6.07, 6.45) is 5.91. The second-order valence-corrected chi connectivity index (χ2v) is 4.57. The number of phenols is 1. The first-order valence-corrected chi connectivity index (χ1v) is 5.63. The average molecular weight is 202 g/mol. The van der Waals surface area contributed by atoms with Crippen molar-refractivity contribution in [3.05, 3.63) is 41.0 Å². The van der Waals surface area contributed by atoms with E-state index in [4.69, 9.17) is 0 Å². The fourth-order valence-corrected chi connectivity index (χ4v) is 2.32. The lowest BCUT2D eigenvalue weighted by molar-refractivity contribution is 0.460. The zero-order valence-electron chi connectivity index (χ0n) is 9.46. The number of aromatic hydroxyl groups is 1. The summed E-state index contributed by atoms with van der Waals surface area (Å²) in [4.78, 5) is 0. The van der Waals surface area contributed by atoms with Gasteiger partial charge < -0.3 is 5.11 Å². The highest BCUT2D eigenvalue weighted by Crippen LogP contribution is 2.35. The van der Waals surface area contributed by atoms with Gasteiger partial charge in [-0.1, -0.05) is 23.8 Å². The van der Waals surface area contributed by atoms with Gasteiger partial charge in [0.05, 0.1) is 0 Å². The van der Waals surface area contributed by atoms with Crippen LogP contribution in [0.15, 0.2) is 29.8 Å². The number of rotatable bonds is 1. The Morgan fingerprint density at radius 3 is 2.73 bits per heavy atom. The van der Waals surface area contributed by atoms with E-state index in [1.54, 1.807) is 0 Å². The van der Waals surface area contributed by atoms with Crippen LogP contribution in [0.25, 0.3) is 0 Å². The van der Waals surface area contributed by atoms with Gasteiger partial charge in [0, 0.05) is 11.5 Å². The molecule has 0 aliphatic heterocycles. The van der Waals surface area contributed by atoms with E-state index in [9.17, 15) is 5.11 Å². The number of aryl methyl sites for hydroxylation is 1. The van der Waals surface area contributed by atoms with E-state index in [1.165, 1.54) is 18.4 Å². The van der Waals surface area contributed by atoms with Gasteiger partial charge in [-0.3, -0.25) is 0 Å². The summed E-state index contributed by atoms with van der Waals surface area (Å²) in [5, 5.41) is 9.90. The SMILES string of the molecule is CC1=CC(c2ccc(C)cc2O)CCC1. The van der Waals surface area contributed by atoms with Crippen molar-refractivity contribution in [2.45, 2.75) is 39.0 Å². The average Bonchev–Trinajstić information content (AvgIpc) is 2.17. The molecule has 0 fully saturated rings. The first kappa shape index (κ1) is 10.3. The number of allylic oxidation sites excluding steroid dienone is 2. The molecule has 0 spiro atoms. The van der Waals surface area contributed by atoms with Gasteiger partial charge in [-0.15, -0.1) is 0 Å². The molecule has 0 aromatic heterocycles. The van der Waals surface area contributed by atoms with Gasteiger partial charge >= 0.3 is 0 Å². The molecule has 0 saturated heterocycles. The summed E-state index contributed by atoms with van der Waals surface area (Å²) in [5.41, 5.74) is 3.65. The monoisotopic (exact) mass is 202 g/mol. The molecular weight excluding hydrogens is 184 g/mol. The first-order valence-electron chi connectivity index (χ1n) is 5.63. The quantitative estimate of drug-likeness (QED) is 0.684. The normalized spacial score (nSPS) is 21.2. The Morgan fingerprint density at radius 2 is 2.07 bits per heavy atom. The molecule has 1 heteroatoms. The maximum Gasteiger partial charge on any atom is 0.119 e. The maximum absolute atomic E-state index is 9.90. The molecule has 0 bridgehead atoms. The van der Waals surface area contributed by atoms with Gasteiger partial charge in [0.2, 0.25) is 0 Å². The Bertz CT molecular complexity index is 390. The molecule has 80 valence electrons. The van der Waals surface area contributed by atoms with Crippen LogP contribution in [-0.2, 0) is 0 Å². The van der Waals surface area contributed by atoms with Crippen molar-refractivity contribution in [2.24, 2.45) is 0 Å². The lowest BCUT2D eigenvalue weighted by Crippen LogP contribution is -2.02. The van der Waals surface area contributed by atoms with Gasteiger partial charge in [-0.25, -0.2) is 0 Å². The molecule has 0 saturated carbocycles. The Balaban J connectivity index is 2.33. The molecule has 1 nitrogen and oxygen atoms in total. The van der Waals surface area contributed by atoms with Crippen LogP contribution in [0.4, 0.5) is 0 Å². The Morgan fingerprint density at radius 1 is 1.27 bits per heavy atom. The van der Waals surface area contributed by atoms with Gasteiger partial charge in [0.1, 0.15) is 5.75 Å². The second kappa shape index (κ2) is 4.09. The largest absolute Gasteiger partial charge is 0.508 e. The number of hydrogen-bond donors (Lipinski definition) is 1. The fraction of sp³-hybridized carbons (Fsp3) is 0.429. The lowest BCUT2D eigenvalue weighted by Gasteiger charge is -2.20. The minimum atomic E-state index is 0.416. The second-order valence-electron chi connectivity index (χ2n) is 4.57. The Kier molecular flexibility index (Phi) is 2.81. The predicted octanol–water partition coefficient (Wildman–Crippen LogP) is 3.91. The molecule has 0 radical (unpaired) electrons. The van der Waals surface area contributed by atoms with Crippen LogP contribution in [-0.4, -0.2) is 5.11 Å². The van der Waals surface area contributed by atoms with Gasteiger partial charge in [0.15, 0.2) is 0 Å². The van der Waals surface area contributed by atoms with Gasteiger partial charge in [-0.05, 0) is 44.7 Å². The van der Waals surface area contributed by atoms with Gasteiger partial charge in [-0.2, -0.15) is 0 Å². The van der Waals surface area contributed by atoms with Crippen molar-refractivity contribution in [1.82, 2.24) is 0 Å². The molecular formula is C14H18O. The van der Waals surface area contributed by atoms with E-state index in [1.807, 2.05) is 13.0 Å². The summed E-state index contributed by atoms with van der Waals surface area (Å²) in [7, 11) is 0.